The molecule has 2 heterocycles. The molecule has 2 aromatic rings. The first kappa shape index (κ1) is 19.4. The average molecular weight is 371 g/mol. The van der Waals surface area contributed by atoms with Gasteiger partial charge in [0.15, 0.2) is 11.7 Å². The van der Waals surface area contributed by atoms with Crippen LogP contribution >= 0.6 is 0 Å². The highest BCUT2D eigenvalue weighted by Gasteiger charge is 2.10. The molecule has 1 fully saturated rings. The number of nitrogens with one attached hydrogen (secondary N) is 2. The van der Waals surface area contributed by atoms with E-state index < -0.39 is 0 Å². The lowest BCUT2D eigenvalue weighted by molar-refractivity contribution is 0.0389. The van der Waals surface area contributed by atoms with E-state index in [1.807, 2.05) is 12.1 Å². The van der Waals surface area contributed by atoms with Crippen LogP contribution in [0.15, 0.2) is 39.9 Å². The van der Waals surface area contributed by atoms with E-state index in [0.29, 0.717) is 12.4 Å². The van der Waals surface area contributed by atoms with E-state index in [4.69, 9.17) is 9.15 Å². The number of hydrogen-bond acceptors (Lipinski definition) is 5. The molecule has 2 N–H and O–H groups in total. The molecule has 1 aliphatic rings. The molecular weight excluding hydrogens is 342 g/mol. The molecule has 0 aliphatic carbocycles. The van der Waals surface area contributed by atoms with Gasteiger partial charge >= 0.3 is 0 Å². The smallest absolute Gasteiger partial charge is 0.216 e. The molecule has 0 radical (unpaired) electrons. The highest BCUT2D eigenvalue weighted by molar-refractivity contribution is 5.79. The van der Waals surface area contributed by atoms with Crippen LogP contribution in [0.2, 0.25) is 0 Å². The summed E-state index contributed by atoms with van der Waals surface area (Å²) < 4.78 is 11.2. The fourth-order valence-corrected chi connectivity index (χ4v) is 2.88. The van der Waals surface area contributed by atoms with Crippen molar-refractivity contribution in [3.8, 4) is 11.3 Å². The third kappa shape index (κ3) is 6.08. The van der Waals surface area contributed by atoms with Crippen LogP contribution in [0.3, 0.4) is 0 Å². The van der Waals surface area contributed by atoms with E-state index in [9.17, 15) is 0 Å². The highest BCUT2D eigenvalue weighted by atomic mass is 16.5. The Labute approximate surface area is 160 Å². The number of aryl methyl sites for hydroxylation is 1. The molecule has 7 heteroatoms. The predicted molar refractivity (Wildman–Crippen MR) is 107 cm³/mol. The zero-order valence-corrected chi connectivity index (χ0v) is 16.2. The number of morpholine rings is 1. The van der Waals surface area contributed by atoms with E-state index in [-0.39, 0.29) is 0 Å². The second-order valence-electron chi connectivity index (χ2n) is 6.56. The summed E-state index contributed by atoms with van der Waals surface area (Å²) in [6, 6.07) is 8.22. The van der Waals surface area contributed by atoms with Crippen molar-refractivity contribution < 1.29 is 9.15 Å². The average Bonchev–Trinajstić information content (AvgIpc) is 3.16. The first-order valence-electron chi connectivity index (χ1n) is 9.58. The molecule has 0 saturated carbocycles. The standard InChI is InChI=1S/C20H29N5O2/c1-3-21-20(22-8-9-25-10-12-26-13-11-25)24-15-19-23-14-18(27-19)17-6-4-16(2)5-7-17/h4-7,14H,3,8-13,15H2,1-2H3,(H2,21,22,24). The van der Waals surface area contributed by atoms with Crippen LogP contribution in [0.4, 0.5) is 0 Å². The lowest BCUT2D eigenvalue weighted by Crippen LogP contribution is -2.44. The van der Waals surface area contributed by atoms with Gasteiger partial charge in [-0.25, -0.2) is 9.98 Å². The second-order valence-corrected chi connectivity index (χ2v) is 6.56. The number of ether oxygens (including phenoxy) is 1. The molecule has 3 rings (SSSR count). The molecule has 146 valence electrons. The Morgan fingerprint density at radius 3 is 2.70 bits per heavy atom. The van der Waals surface area contributed by atoms with Gasteiger partial charge in [0.1, 0.15) is 6.54 Å². The van der Waals surface area contributed by atoms with Gasteiger partial charge in [0.05, 0.1) is 19.4 Å². The van der Waals surface area contributed by atoms with Gasteiger partial charge in [-0.1, -0.05) is 29.8 Å². The van der Waals surface area contributed by atoms with Gasteiger partial charge in [0.2, 0.25) is 5.89 Å². The maximum atomic E-state index is 5.84. The van der Waals surface area contributed by atoms with Gasteiger partial charge in [-0.15, -0.1) is 0 Å². The second kappa shape index (κ2) is 10.1. The van der Waals surface area contributed by atoms with Crippen molar-refractivity contribution in [2.75, 3.05) is 45.9 Å². The van der Waals surface area contributed by atoms with Crippen LogP contribution in [-0.4, -0.2) is 61.8 Å². The number of nitrogens with zero attached hydrogens (tertiary/aromatic N) is 3. The quantitative estimate of drug-likeness (QED) is 0.573. The predicted octanol–water partition coefficient (Wildman–Crippen LogP) is 2.04. The molecule has 1 saturated heterocycles. The zero-order valence-electron chi connectivity index (χ0n) is 16.2. The molecule has 0 amide bonds. The summed E-state index contributed by atoms with van der Waals surface area (Å²) in [6.07, 6.45) is 1.76. The van der Waals surface area contributed by atoms with E-state index in [2.05, 4.69) is 51.5 Å². The lowest BCUT2D eigenvalue weighted by Gasteiger charge is -2.26. The van der Waals surface area contributed by atoms with Crippen LogP contribution in [0.5, 0.6) is 0 Å². The molecule has 7 nitrogen and oxygen atoms in total. The number of aliphatic imine (C=N–C) groups is 1. The molecule has 1 aromatic carbocycles. The van der Waals surface area contributed by atoms with Gasteiger partial charge in [-0.2, -0.15) is 0 Å². The van der Waals surface area contributed by atoms with Crippen LogP contribution in [-0.2, 0) is 11.3 Å². The first-order valence-corrected chi connectivity index (χ1v) is 9.58. The molecular formula is C20H29N5O2. The Morgan fingerprint density at radius 2 is 1.96 bits per heavy atom. The number of rotatable bonds is 7. The molecule has 1 aromatic heterocycles. The Kier molecular flexibility index (Phi) is 7.24. The number of hydrogen-bond donors (Lipinski definition) is 2. The van der Waals surface area contributed by atoms with Gasteiger partial charge < -0.3 is 19.8 Å². The Hall–Kier alpha value is -2.38. The summed E-state index contributed by atoms with van der Waals surface area (Å²) >= 11 is 0. The number of oxazole rings is 1. The summed E-state index contributed by atoms with van der Waals surface area (Å²) in [7, 11) is 0. The SMILES string of the molecule is CCNC(=NCc1ncc(-c2ccc(C)cc2)o1)NCCN1CCOCC1. The summed E-state index contributed by atoms with van der Waals surface area (Å²) in [6.45, 7) is 10.8. The van der Waals surface area contributed by atoms with Crippen LogP contribution < -0.4 is 10.6 Å². The number of guanidine groups is 1. The topological polar surface area (TPSA) is 74.9 Å². The fourth-order valence-electron chi connectivity index (χ4n) is 2.88. The summed E-state index contributed by atoms with van der Waals surface area (Å²) in [5.41, 5.74) is 2.25. The minimum absolute atomic E-state index is 0.402. The number of aromatic nitrogens is 1. The molecule has 1 aliphatic heterocycles. The highest BCUT2D eigenvalue weighted by Crippen LogP contribution is 2.20. The molecule has 0 spiro atoms. The normalized spacial score (nSPS) is 15.7. The summed E-state index contributed by atoms with van der Waals surface area (Å²) in [5, 5.41) is 6.63. The third-order valence-corrected chi connectivity index (χ3v) is 4.43. The monoisotopic (exact) mass is 371 g/mol. The third-order valence-electron chi connectivity index (χ3n) is 4.43. The van der Waals surface area contributed by atoms with Crippen LogP contribution in [0, 0.1) is 6.92 Å². The van der Waals surface area contributed by atoms with Gasteiger partial charge in [0, 0.05) is 38.3 Å². The minimum atomic E-state index is 0.402. The van der Waals surface area contributed by atoms with Crippen molar-refractivity contribution in [2.45, 2.75) is 20.4 Å². The number of benzene rings is 1. The van der Waals surface area contributed by atoms with Crippen molar-refractivity contribution in [1.29, 1.82) is 0 Å². The maximum absolute atomic E-state index is 5.84. The Morgan fingerprint density at radius 1 is 1.19 bits per heavy atom. The van der Waals surface area contributed by atoms with E-state index in [1.165, 1.54) is 5.56 Å². The minimum Gasteiger partial charge on any atom is -0.439 e. The van der Waals surface area contributed by atoms with Crippen molar-refractivity contribution in [2.24, 2.45) is 4.99 Å². The van der Waals surface area contributed by atoms with Gasteiger partial charge in [-0.3, -0.25) is 4.90 Å². The Balaban J connectivity index is 1.52. The molecule has 27 heavy (non-hydrogen) atoms. The zero-order chi connectivity index (χ0) is 18.9. The molecule has 0 atom stereocenters. The Bertz CT molecular complexity index is 720. The fraction of sp³-hybridized carbons (Fsp3) is 0.500. The first-order chi connectivity index (χ1) is 13.2. The van der Waals surface area contributed by atoms with E-state index in [0.717, 1.165) is 63.2 Å². The molecule has 0 bridgehead atoms. The van der Waals surface area contributed by atoms with E-state index >= 15 is 0 Å². The van der Waals surface area contributed by atoms with Gasteiger partial charge in [0.25, 0.3) is 0 Å². The van der Waals surface area contributed by atoms with Crippen molar-refractivity contribution in [3.05, 3.63) is 41.9 Å². The molecule has 0 unspecified atom stereocenters. The van der Waals surface area contributed by atoms with Crippen LogP contribution in [0.25, 0.3) is 11.3 Å². The van der Waals surface area contributed by atoms with Crippen molar-refractivity contribution in [3.63, 3.8) is 0 Å². The largest absolute Gasteiger partial charge is 0.439 e. The van der Waals surface area contributed by atoms with Crippen LogP contribution in [0.1, 0.15) is 18.4 Å². The van der Waals surface area contributed by atoms with Crippen molar-refractivity contribution >= 4 is 5.96 Å². The summed E-state index contributed by atoms with van der Waals surface area (Å²) in [4.78, 5) is 11.3. The van der Waals surface area contributed by atoms with E-state index in [1.54, 1.807) is 6.20 Å². The van der Waals surface area contributed by atoms with Gasteiger partial charge in [-0.05, 0) is 13.8 Å². The lowest BCUT2D eigenvalue weighted by atomic mass is 10.1. The maximum Gasteiger partial charge on any atom is 0.216 e. The summed E-state index contributed by atoms with van der Waals surface area (Å²) in [5.74, 6) is 2.15. The van der Waals surface area contributed by atoms with Crippen molar-refractivity contribution in [1.82, 2.24) is 20.5 Å².